The van der Waals surface area contributed by atoms with Gasteiger partial charge in [-0.3, -0.25) is 9.59 Å². The van der Waals surface area contributed by atoms with Crippen LogP contribution in [0, 0.1) is 0 Å². The average molecular weight is 453 g/mol. The zero-order valence-corrected chi connectivity index (χ0v) is 17.9. The van der Waals surface area contributed by atoms with E-state index in [-0.39, 0.29) is 23.6 Å². The van der Waals surface area contributed by atoms with Gasteiger partial charge in [0.2, 0.25) is 5.91 Å². The molecule has 2 aromatic rings. The summed E-state index contributed by atoms with van der Waals surface area (Å²) in [7, 11) is 0. The van der Waals surface area contributed by atoms with Crippen molar-refractivity contribution in [2.24, 2.45) is 0 Å². The maximum atomic E-state index is 13.0. The predicted molar refractivity (Wildman–Crippen MR) is 114 cm³/mol. The molecule has 0 aromatic heterocycles. The molecule has 4 nitrogen and oxygen atoms in total. The first-order valence-corrected chi connectivity index (χ1v) is 10.7. The summed E-state index contributed by atoms with van der Waals surface area (Å²) < 4.78 is 38.3. The first kappa shape index (κ1) is 23.1. The van der Waals surface area contributed by atoms with Gasteiger partial charge in [-0.15, -0.1) is 11.6 Å². The maximum Gasteiger partial charge on any atom is 0.416 e. The summed E-state index contributed by atoms with van der Waals surface area (Å²) in [6.45, 7) is 2.99. The summed E-state index contributed by atoms with van der Waals surface area (Å²) in [5, 5.41) is 2.73. The van der Waals surface area contributed by atoms with Gasteiger partial charge in [0.25, 0.3) is 5.91 Å². The second-order valence-corrected chi connectivity index (χ2v) is 7.86. The molecule has 1 fully saturated rings. The van der Waals surface area contributed by atoms with Crippen molar-refractivity contribution >= 4 is 29.1 Å². The molecule has 1 saturated heterocycles. The van der Waals surface area contributed by atoms with Crippen LogP contribution >= 0.6 is 11.6 Å². The number of piperidine rings is 1. The zero-order valence-electron chi connectivity index (χ0n) is 17.1. The highest BCUT2D eigenvalue weighted by molar-refractivity contribution is 6.29. The number of carbonyl (C=O) groups excluding carboxylic acids is 2. The lowest BCUT2D eigenvalue weighted by molar-refractivity contribution is -0.137. The number of carbonyl (C=O) groups is 2. The van der Waals surface area contributed by atoms with Crippen molar-refractivity contribution in [2.45, 2.75) is 38.3 Å². The van der Waals surface area contributed by atoms with Gasteiger partial charge in [-0.1, -0.05) is 25.1 Å². The second kappa shape index (κ2) is 9.73. The topological polar surface area (TPSA) is 49.4 Å². The molecular weight excluding hydrogens is 429 g/mol. The molecule has 8 heteroatoms. The fraction of sp³-hybridized carbons (Fsp3) is 0.391. The molecule has 2 aromatic carbocycles. The van der Waals surface area contributed by atoms with E-state index < -0.39 is 11.7 Å². The Hall–Kier alpha value is -2.54. The van der Waals surface area contributed by atoms with E-state index in [4.69, 9.17) is 11.6 Å². The minimum absolute atomic E-state index is 0.118. The van der Waals surface area contributed by atoms with Crippen LogP contribution in [0.2, 0.25) is 0 Å². The lowest BCUT2D eigenvalue weighted by atomic mass is 9.88. The average Bonchev–Trinajstić information content (AvgIpc) is 2.78. The number of hydrogen-bond acceptors (Lipinski definition) is 2. The number of likely N-dealkylation sites (tertiary alicyclic amines) is 1. The fourth-order valence-electron chi connectivity index (χ4n) is 3.86. The number of rotatable bonds is 5. The van der Waals surface area contributed by atoms with E-state index in [1.54, 1.807) is 17.0 Å². The molecular formula is C23H24ClF3N2O2. The molecule has 0 aliphatic carbocycles. The van der Waals surface area contributed by atoms with Crippen molar-refractivity contribution in [3.63, 3.8) is 0 Å². The Balaban J connectivity index is 1.66. The number of nitrogens with zero attached hydrogens (tertiary/aromatic N) is 1. The van der Waals surface area contributed by atoms with Gasteiger partial charge >= 0.3 is 6.18 Å². The molecule has 0 bridgehead atoms. The molecule has 166 valence electrons. The molecule has 31 heavy (non-hydrogen) atoms. The van der Waals surface area contributed by atoms with E-state index in [0.717, 1.165) is 23.3 Å². The summed E-state index contributed by atoms with van der Waals surface area (Å²) in [5.74, 6) is -0.515. The van der Waals surface area contributed by atoms with Crippen molar-refractivity contribution in [2.75, 3.05) is 24.3 Å². The van der Waals surface area contributed by atoms with Crippen molar-refractivity contribution in [1.82, 2.24) is 4.90 Å². The predicted octanol–water partition coefficient (Wildman–Crippen LogP) is 5.46. The molecule has 1 aliphatic heterocycles. The third-order valence-electron chi connectivity index (χ3n) is 5.62. The van der Waals surface area contributed by atoms with Crippen molar-refractivity contribution in [3.05, 3.63) is 64.7 Å². The molecule has 1 N–H and O–H groups in total. The highest BCUT2D eigenvalue weighted by Crippen LogP contribution is 2.33. The third kappa shape index (κ3) is 5.58. The van der Waals surface area contributed by atoms with Gasteiger partial charge in [0, 0.05) is 24.3 Å². The quantitative estimate of drug-likeness (QED) is 0.612. The van der Waals surface area contributed by atoms with Gasteiger partial charge in [-0.2, -0.15) is 13.2 Å². The van der Waals surface area contributed by atoms with E-state index in [1.807, 2.05) is 13.0 Å². The molecule has 1 heterocycles. The van der Waals surface area contributed by atoms with E-state index in [0.29, 0.717) is 43.6 Å². The molecule has 0 saturated carbocycles. The fourth-order valence-corrected chi connectivity index (χ4v) is 3.93. The minimum atomic E-state index is -4.34. The van der Waals surface area contributed by atoms with Crippen LogP contribution in [0.5, 0.6) is 0 Å². The van der Waals surface area contributed by atoms with Gasteiger partial charge in [0.15, 0.2) is 0 Å². The van der Waals surface area contributed by atoms with Crippen LogP contribution < -0.4 is 5.32 Å². The molecule has 2 amide bonds. The summed E-state index contributed by atoms with van der Waals surface area (Å²) in [4.78, 5) is 26.4. The van der Waals surface area contributed by atoms with Crippen LogP contribution in [0.4, 0.5) is 18.9 Å². The van der Waals surface area contributed by atoms with Gasteiger partial charge in [0.1, 0.15) is 5.88 Å². The van der Waals surface area contributed by atoms with Gasteiger partial charge in [-0.05, 0) is 60.6 Å². The number of alkyl halides is 4. The molecule has 0 atom stereocenters. The van der Waals surface area contributed by atoms with Crippen LogP contribution in [0.1, 0.15) is 52.7 Å². The first-order chi connectivity index (χ1) is 14.7. The summed E-state index contributed by atoms with van der Waals surface area (Å²) in [5.41, 5.74) is 2.18. The number of nitrogens with one attached hydrogen (secondary N) is 1. The molecule has 1 aliphatic rings. The number of amides is 2. The highest BCUT2D eigenvalue weighted by Gasteiger charge is 2.31. The van der Waals surface area contributed by atoms with Crippen LogP contribution in [-0.2, 0) is 17.4 Å². The Bertz CT molecular complexity index is 937. The number of halogens is 4. The largest absolute Gasteiger partial charge is 0.416 e. The number of anilines is 1. The van der Waals surface area contributed by atoms with Gasteiger partial charge in [0.05, 0.1) is 5.56 Å². The smallest absolute Gasteiger partial charge is 0.339 e. The van der Waals surface area contributed by atoms with Gasteiger partial charge < -0.3 is 10.2 Å². The summed E-state index contributed by atoms with van der Waals surface area (Å²) >= 11 is 5.57. The van der Waals surface area contributed by atoms with E-state index in [9.17, 15) is 22.8 Å². The maximum absolute atomic E-state index is 13.0. The third-order valence-corrected chi connectivity index (χ3v) is 5.87. The second-order valence-electron chi connectivity index (χ2n) is 7.59. The SMILES string of the molecule is CCc1ccc(C(=O)N2CCC(c3ccc(C(F)(F)F)cc3)CC2)cc1NC(=O)CCl. The lowest BCUT2D eigenvalue weighted by Crippen LogP contribution is -2.38. The van der Waals surface area contributed by atoms with Crippen LogP contribution in [-0.4, -0.2) is 35.7 Å². The first-order valence-electron chi connectivity index (χ1n) is 10.2. The van der Waals surface area contributed by atoms with Crippen LogP contribution in [0.15, 0.2) is 42.5 Å². The normalized spacial score (nSPS) is 15.1. The van der Waals surface area contributed by atoms with Crippen molar-refractivity contribution < 1.29 is 22.8 Å². The van der Waals surface area contributed by atoms with E-state index in [2.05, 4.69) is 5.32 Å². The summed E-state index contributed by atoms with van der Waals surface area (Å²) in [6, 6.07) is 10.5. The van der Waals surface area contributed by atoms with E-state index in [1.165, 1.54) is 12.1 Å². The number of hydrogen-bond donors (Lipinski definition) is 1. The number of benzene rings is 2. The highest BCUT2D eigenvalue weighted by atomic mass is 35.5. The van der Waals surface area contributed by atoms with Crippen LogP contribution in [0.25, 0.3) is 0 Å². The summed E-state index contributed by atoms with van der Waals surface area (Å²) in [6.07, 6.45) is -2.28. The lowest BCUT2D eigenvalue weighted by Gasteiger charge is -2.32. The molecule has 3 rings (SSSR count). The monoisotopic (exact) mass is 452 g/mol. The number of aryl methyl sites for hydroxylation is 1. The zero-order chi connectivity index (χ0) is 22.6. The molecule has 0 radical (unpaired) electrons. The van der Waals surface area contributed by atoms with Crippen LogP contribution in [0.3, 0.4) is 0 Å². The molecule has 0 spiro atoms. The Morgan fingerprint density at radius 2 is 1.74 bits per heavy atom. The Kier molecular flexibility index (Phi) is 7.26. The minimum Gasteiger partial charge on any atom is -0.339 e. The standard InChI is InChI=1S/C23H24ClF3N2O2/c1-2-15-3-4-18(13-20(15)28-21(30)14-24)22(31)29-11-9-17(10-12-29)16-5-7-19(8-6-16)23(25,26)27/h3-8,13,17H,2,9-12,14H2,1H3,(H,28,30). The Labute approximate surface area is 184 Å². The van der Waals surface area contributed by atoms with E-state index >= 15 is 0 Å². The Morgan fingerprint density at radius 3 is 2.29 bits per heavy atom. The van der Waals surface area contributed by atoms with Gasteiger partial charge in [-0.25, -0.2) is 0 Å². The molecule has 0 unspecified atom stereocenters. The van der Waals surface area contributed by atoms with Crippen molar-refractivity contribution in [1.29, 1.82) is 0 Å². The van der Waals surface area contributed by atoms with Crippen molar-refractivity contribution in [3.8, 4) is 0 Å². The Morgan fingerprint density at radius 1 is 1.10 bits per heavy atom.